The SMILES string of the molecule is CC(O)(CNCc1ccc(C#N)cc1)c1ccsc1. The number of rotatable bonds is 5. The number of nitriles is 1. The van der Waals surface area contributed by atoms with Gasteiger partial charge in [0.05, 0.1) is 17.2 Å². The van der Waals surface area contributed by atoms with Gasteiger partial charge in [0, 0.05) is 13.1 Å². The number of hydrogen-bond donors (Lipinski definition) is 2. The van der Waals surface area contributed by atoms with E-state index in [1.807, 2.05) is 29.0 Å². The molecule has 1 aromatic carbocycles. The Morgan fingerprint density at radius 2 is 2.05 bits per heavy atom. The zero-order valence-electron chi connectivity index (χ0n) is 10.8. The summed E-state index contributed by atoms with van der Waals surface area (Å²) in [4.78, 5) is 0. The highest BCUT2D eigenvalue weighted by Gasteiger charge is 2.22. The number of nitrogens with one attached hydrogen (secondary N) is 1. The molecule has 0 bridgehead atoms. The van der Waals surface area contributed by atoms with Gasteiger partial charge in [-0.1, -0.05) is 12.1 Å². The van der Waals surface area contributed by atoms with Crippen molar-refractivity contribution in [3.8, 4) is 6.07 Å². The summed E-state index contributed by atoms with van der Waals surface area (Å²) in [6.07, 6.45) is 0. The second-order valence-electron chi connectivity index (χ2n) is 4.70. The summed E-state index contributed by atoms with van der Waals surface area (Å²) < 4.78 is 0. The van der Waals surface area contributed by atoms with Crippen molar-refractivity contribution >= 4 is 11.3 Å². The van der Waals surface area contributed by atoms with E-state index in [1.165, 1.54) is 0 Å². The minimum Gasteiger partial charge on any atom is -0.384 e. The van der Waals surface area contributed by atoms with Crippen LogP contribution in [0, 0.1) is 11.3 Å². The van der Waals surface area contributed by atoms with Crippen LogP contribution < -0.4 is 5.32 Å². The molecule has 0 saturated carbocycles. The zero-order valence-corrected chi connectivity index (χ0v) is 11.6. The summed E-state index contributed by atoms with van der Waals surface area (Å²) in [6.45, 7) is 2.97. The summed E-state index contributed by atoms with van der Waals surface area (Å²) in [5.41, 5.74) is 1.84. The van der Waals surface area contributed by atoms with Gasteiger partial charge in [-0.3, -0.25) is 0 Å². The molecule has 4 heteroatoms. The van der Waals surface area contributed by atoms with Gasteiger partial charge in [-0.25, -0.2) is 0 Å². The van der Waals surface area contributed by atoms with Gasteiger partial charge in [-0.2, -0.15) is 16.6 Å². The highest BCUT2D eigenvalue weighted by atomic mass is 32.1. The summed E-state index contributed by atoms with van der Waals surface area (Å²) in [5.74, 6) is 0. The van der Waals surface area contributed by atoms with Crippen LogP contribution in [0.25, 0.3) is 0 Å². The largest absolute Gasteiger partial charge is 0.384 e. The van der Waals surface area contributed by atoms with Crippen LogP contribution in [0.4, 0.5) is 0 Å². The predicted molar refractivity (Wildman–Crippen MR) is 76.8 cm³/mol. The highest BCUT2D eigenvalue weighted by molar-refractivity contribution is 7.08. The first kappa shape index (κ1) is 13.8. The number of nitrogens with zero attached hydrogens (tertiary/aromatic N) is 1. The number of hydrogen-bond acceptors (Lipinski definition) is 4. The fraction of sp³-hybridized carbons (Fsp3) is 0.267. The lowest BCUT2D eigenvalue weighted by Gasteiger charge is -2.23. The van der Waals surface area contributed by atoms with E-state index in [2.05, 4.69) is 11.4 Å². The molecule has 2 N–H and O–H groups in total. The molecule has 1 heterocycles. The lowest BCUT2D eigenvalue weighted by Crippen LogP contribution is -2.34. The molecule has 0 aliphatic heterocycles. The van der Waals surface area contributed by atoms with Crippen LogP contribution in [0.5, 0.6) is 0 Å². The van der Waals surface area contributed by atoms with Crippen LogP contribution in [0.1, 0.15) is 23.6 Å². The molecule has 0 saturated heterocycles. The molecular formula is C15H16N2OS. The van der Waals surface area contributed by atoms with Crippen LogP contribution >= 0.6 is 11.3 Å². The lowest BCUT2D eigenvalue weighted by molar-refractivity contribution is 0.0571. The first-order chi connectivity index (χ1) is 9.12. The van der Waals surface area contributed by atoms with Gasteiger partial charge in [0.2, 0.25) is 0 Å². The summed E-state index contributed by atoms with van der Waals surface area (Å²) in [6, 6.07) is 11.5. The molecule has 2 rings (SSSR count). The normalized spacial score (nSPS) is 13.7. The van der Waals surface area contributed by atoms with Crippen LogP contribution in [-0.2, 0) is 12.1 Å². The molecule has 0 aliphatic rings. The Balaban J connectivity index is 1.88. The molecular weight excluding hydrogens is 256 g/mol. The molecule has 0 amide bonds. The van der Waals surface area contributed by atoms with E-state index < -0.39 is 5.60 Å². The Hall–Kier alpha value is -1.67. The molecule has 1 atom stereocenters. The number of benzene rings is 1. The van der Waals surface area contributed by atoms with Gasteiger partial charge in [-0.05, 0) is 47.0 Å². The maximum Gasteiger partial charge on any atom is 0.1000 e. The molecule has 0 fully saturated rings. The minimum absolute atomic E-state index is 0.490. The summed E-state index contributed by atoms with van der Waals surface area (Å²) in [5, 5.41) is 26.2. The van der Waals surface area contributed by atoms with E-state index in [4.69, 9.17) is 5.26 Å². The number of thiophene rings is 1. The molecule has 0 spiro atoms. The van der Waals surface area contributed by atoms with E-state index in [0.29, 0.717) is 18.7 Å². The second-order valence-corrected chi connectivity index (χ2v) is 5.48. The van der Waals surface area contributed by atoms with Gasteiger partial charge in [0.1, 0.15) is 0 Å². The molecule has 0 aliphatic carbocycles. The van der Waals surface area contributed by atoms with Gasteiger partial charge in [0.25, 0.3) is 0 Å². The average Bonchev–Trinajstić information content (AvgIpc) is 2.94. The van der Waals surface area contributed by atoms with Crippen LogP contribution in [0.15, 0.2) is 41.1 Å². The molecule has 2 aromatic rings. The third-order valence-electron chi connectivity index (χ3n) is 3.02. The monoisotopic (exact) mass is 272 g/mol. The van der Waals surface area contributed by atoms with Crippen molar-refractivity contribution in [1.29, 1.82) is 5.26 Å². The standard InChI is InChI=1S/C15H16N2OS/c1-15(18,14-6-7-19-10-14)11-17-9-13-4-2-12(8-16)3-5-13/h2-7,10,17-18H,9,11H2,1H3. The molecule has 1 aromatic heterocycles. The quantitative estimate of drug-likeness (QED) is 0.879. The minimum atomic E-state index is -0.855. The highest BCUT2D eigenvalue weighted by Crippen LogP contribution is 2.22. The van der Waals surface area contributed by atoms with E-state index in [9.17, 15) is 5.11 Å². The van der Waals surface area contributed by atoms with Gasteiger partial charge >= 0.3 is 0 Å². The first-order valence-corrected chi connectivity index (χ1v) is 7.01. The van der Waals surface area contributed by atoms with Crippen molar-refractivity contribution < 1.29 is 5.11 Å². The second kappa shape index (κ2) is 5.98. The van der Waals surface area contributed by atoms with Crippen LogP contribution in [0.2, 0.25) is 0 Å². The van der Waals surface area contributed by atoms with Crippen molar-refractivity contribution in [1.82, 2.24) is 5.32 Å². The maximum absolute atomic E-state index is 10.3. The molecule has 1 unspecified atom stereocenters. The van der Waals surface area contributed by atoms with Gasteiger partial charge in [-0.15, -0.1) is 0 Å². The van der Waals surface area contributed by atoms with E-state index in [1.54, 1.807) is 30.4 Å². The Morgan fingerprint density at radius 1 is 1.32 bits per heavy atom. The van der Waals surface area contributed by atoms with Crippen molar-refractivity contribution in [2.45, 2.75) is 19.1 Å². The summed E-state index contributed by atoms with van der Waals surface area (Å²) >= 11 is 1.58. The Labute approximate surface area is 117 Å². The van der Waals surface area contributed by atoms with E-state index >= 15 is 0 Å². The Kier molecular flexibility index (Phi) is 4.33. The topological polar surface area (TPSA) is 56.0 Å². The third kappa shape index (κ3) is 3.65. The smallest absolute Gasteiger partial charge is 0.1000 e. The van der Waals surface area contributed by atoms with Crippen LogP contribution in [0.3, 0.4) is 0 Å². The van der Waals surface area contributed by atoms with Gasteiger partial charge in [0.15, 0.2) is 0 Å². The maximum atomic E-state index is 10.3. The summed E-state index contributed by atoms with van der Waals surface area (Å²) in [7, 11) is 0. The predicted octanol–water partition coefficient (Wildman–Crippen LogP) is 2.62. The zero-order chi connectivity index (χ0) is 13.7. The average molecular weight is 272 g/mol. The van der Waals surface area contributed by atoms with E-state index in [0.717, 1.165) is 11.1 Å². The van der Waals surface area contributed by atoms with E-state index in [-0.39, 0.29) is 0 Å². The number of aliphatic hydroxyl groups is 1. The van der Waals surface area contributed by atoms with Crippen molar-refractivity contribution in [3.63, 3.8) is 0 Å². The lowest BCUT2D eigenvalue weighted by atomic mass is 9.99. The third-order valence-corrected chi connectivity index (χ3v) is 3.71. The Morgan fingerprint density at radius 3 is 2.63 bits per heavy atom. The molecule has 0 radical (unpaired) electrons. The van der Waals surface area contributed by atoms with Gasteiger partial charge < -0.3 is 10.4 Å². The van der Waals surface area contributed by atoms with Crippen molar-refractivity contribution in [3.05, 3.63) is 57.8 Å². The fourth-order valence-corrected chi connectivity index (χ4v) is 2.60. The first-order valence-electron chi connectivity index (χ1n) is 6.06. The van der Waals surface area contributed by atoms with Crippen molar-refractivity contribution in [2.24, 2.45) is 0 Å². The molecule has 19 heavy (non-hydrogen) atoms. The molecule has 98 valence electrons. The Bertz CT molecular complexity index is 553. The molecule has 3 nitrogen and oxygen atoms in total. The van der Waals surface area contributed by atoms with Crippen LogP contribution in [-0.4, -0.2) is 11.7 Å². The van der Waals surface area contributed by atoms with Crippen molar-refractivity contribution in [2.75, 3.05) is 6.54 Å². The fourth-order valence-electron chi connectivity index (χ4n) is 1.82.